The van der Waals surface area contributed by atoms with Crippen molar-refractivity contribution in [2.24, 2.45) is 5.92 Å². The van der Waals surface area contributed by atoms with E-state index < -0.39 is 5.60 Å². The average Bonchev–Trinajstić information content (AvgIpc) is 2.75. The third-order valence-corrected chi connectivity index (χ3v) is 4.93. The highest BCUT2D eigenvalue weighted by molar-refractivity contribution is 7.99. The molecule has 1 unspecified atom stereocenters. The van der Waals surface area contributed by atoms with Crippen LogP contribution in [0, 0.1) is 19.8 Å². The van der Waals surface area contributed by atoms with Crippen LogP contribution in [-0.2, 0) is 11.3 Å². The van der Waals surface area contributed by atoms with Crippen LogP contribution in [0.5, 0.6) is 0 Å². The first-order valence-electron chi connectivity index (χ1n) is 7.50. The lowest BCUT2D eigenvalue weighted by molar-refractivity contribution is -0.140. The Morgan fingerprint density at radius 3 is 2.76 bits per heavy atom. The Labute approximate surface area is 130 Å². The number of nitrogens with one attached hydrogen (secondary N) is 1. The summed E-state index contributed by atoms with van der Waals surface area (Å²) in [4.78, 5) is 12.2. The van der Waals surface area contributed by atoms with Crippen LogP contribution >= 0.6 is 11.8 Å². The molecule has 0 spiro atoms. The van der Waals surface area contributed by atoms with Crippen molar-refractivity contribution in [2.45, 2.75) is 45.8 Å². The standard InChI is InChI=1S/C15H25N3O2S/c1-11(10-18-13(3)8-12(2)17-18)9-16-14(19)15(20)4-6-21-7-5-15/h8,11,20H,4-7,9-10H2,1-3H3,(H,16,19). The van der Waals surface area contributed by atoms with Crippen molar-refractivity contribution in [1.82, 2.24) is 15.1 Å². The second-order valence-electron chi connectivity index (χ2n) is 6.07. The van der Waals surface area contributed by atoms with Gasteiger partial charge in [-0.2, -0.15) is 16.9 Å². The van der Waals surface area contributed by atoms with Crippen molar-refractivity contribution in [2.75, 3.05) is 18.1 Å². The van der Waals surface area contributed by atoms with Gasteiger partial charge in [-0.1, -0.05) is 6.92 Å². The lowest BCUT2D eigenvalue weighted by Gasteiger charge is -2.30. The van der Waals surface area contributed by atoms with Crippen LogP contribution in [0.3, 0.4) is 0 Å². The van der Waals surface area contributed by atoms with Gasteiger partial charge in [0, 0.05) is 18.8 Å². The Morgan fingerprint density at radius 2 is 2.19 bits per heavy atom. The van der Waals surface area contributed by atoms with Crippen LogP contribution in [0.25, 0.3) is 0 Å². The molecule has 0 radical (unpaired) electrons. The quantitative estimate of drug-likeness (QED) is 0.865. The van der Waals surface area contributed by atoms with Crippen LogP contribution in [0.1, 0.15) is 31.2 Å². The highest BCUT2D eigenvalue weighted by Gasteiger charge is 2.37. The number of rotatable bonds is 5. The molecule has 1 atom stereocenters. The number of aromatic nitrogens is 2. The lowest BCUT2D eigenvalue weighted by Crippen LogP contribution is -2.50. The zero-order chi connectivity index (χ0) is 15.5. The average molecular weight is 311 g/mol. The highest BCUT2D eigenvalue weighted by Crippen LogP contribution is 2.27. The van der Waals surface area contributed by atoms with Crippen LogP contribution in [0.15, 0.2) is 6.07 Å². The third-order valence-electron chi connectivity index (χ3n) is 3.94. The fourth-order valence-electron chi connectivity index (χ4n) is 2.59. The van der Waals surface area contributed by atoms with E-state index in [4.69, 9.17) is 0 Å². The van der Waals surface area contributed by atoms with E-state index >= 15 is 0 Å². The SMILES string of the molecule is Cc1cc(C)n(CC(C)CNC(=O)C2(O)CCSCC2)n1. The molecular weight excluding hydrogens is 286 g/mol. The number of thioether (sulfide) groups is 1. The molecule has 1 aromatic rings. The molecule has 1 fully saturated rings. The minimum atomic E-state index is -1.16. The fourth-order valence-corrected chi connectivity index (χ4v) is 3.76. The largest absolute Gasteiger partial charge is 0.380 e. The van der Waals surface area contributed by atoms with Gasteiger partial charge >= 0.3 is 0 Å². The van der Waals surface area contributed by atoms with Gasteiger partial charge in [-0.3, -0.25) is 9.48 Å². The van der Waals surface area contributed by atoms with Crippen LogP contribution < -0.4 is 5.32 Å². The van der Waals surface area contributed by atoms with Gasteiger partial charge in [0.2, 0.25) is 0 Å². The van der Waals surface area contributed by atoms with Crippen molar-refractivity contribution in [3.05, 3.63) is 17.5 Å². The third kappa shape index (κ3) is 4.23. The zero-order valence-electron chi connectivity index (χ0n) is 13.1. The number of amides is 1. The van der Waals surface area contributed by atoms with E-state index in [1.165, 1.54) is 0 Å². The summed E-state index contributed by atoms with van der Waals surface area (Å²) in [5.41, 5.74) is 0.981. The van der Waals surface area contributed by atoms with Gasteiger partial charge in [0.25, 0.3) is 5.91 Å². The number of hydrogen-bond acceptors (Lipinski definition) is 4. The summed E-state index contributed by atoms with van der Waals surface area (Å²) in [5.74, 6) is 1.76. The van der Waals surface area contributed by atoms with Crippen LogP contribution in [0.4, 0.5) is 0 Å². The van der Waals surface area contributed by atoms with Gasteiger partial charge < -0.3 is 10.4 Å². The highest BCUT2D eigenvalue weighted by atomic mass is 32.2. The molecule has 118 valence electrons. The number of hydrogen-bond donors (Lipinski definition) is 2. The first-order chi connectivity index (χ1) is 9.90. The van der Waals surface area contributed by atoms with E-state index in [1.807, 2.05) is 24.6 Å². The molecule has 1 aromatic heterocycles. The Bertz CT molecular complexity index is 495. The van der Waals surface area contributed by atoms with Gasteiger partial charge in [-0.05, 0) is 50.2 Å². The summed E-state index contributed by atoms with van der Waals surface area (Å²) in [6.45, 7) is 7.43. The zero-order valence-corrected chi connectivity index (χ0v) is 13.9. The van der Waals surface area contributed by atoms with Gasteiger partial charge in [-0.15, -0.1) is 0 Å². The summed E-state index contributed by atoms with van der Waals surface area (Å²) in [7, 11) is 0. The van der Waals surface area contributed by atoms with Gasteiger partial charge in [0.05, 0.1) is 5.69 Å². The predicted molar refractivity (Wildman–Crippen MR) is 85.4 cm³/mol. The topological polar surface area (TPSA) is 67.2 Å². The lowest BCUT2D eigenvalue weighted by atomic mass is 9.95. The first kappa shape index (κ1) is 16.4. The Morgan fingerprint density at radius 1 is 1.52 bits per heavy atom. The molecule has 6 heteroatoms. The summed E-state index contributed by atoms with van der Waals surface area (Å²) in [6.07, 6.45) is 1.10. The molecule has 1 aliphatic rings. The predicted octanol–water partition coefficient (Wildman–Crippen LogP) is 1.51. The summed E-state index contributed by atoms with van der Waals surface area (Å²) in [6, 6.07) is 2.05. The monoisotopic (exact) mass is 311 g/mol. The molecule has 1 saturated heterocycles. The number of aliphatic hydroxyl groups is 1. The molecule has 1 aliphatic heterocycles. The minimum Gasteiger partial charge on any atom is -0.380 e. The summed E-state index contributed by atoms with van der Waals surface area (Å²) >= 11 is 1.79. The Balaban J connectivity index is 1.82. The number of aryl methyl sites for hydroxylation is 2. The normalized spacial score (nSPS) is 19.2. The van der Waals surface area contributed by atoms with Crippen molar-refractivity contribution in [3.8, 4) is 0 Å². The molecule has 0 aromatic carbocycles. The summed E-state index contributed by atoms with van der Waals surface area (Å²) in [5, 5.41) is 17.7. The minimum absolute atomic E-state index is 0.219. The smallest absolute Gasteiger partial charge is 0.252 e. The second kappa shape index (κ2) is 6.83. The van der Waals surface area contributed by atoms with Crippen molar-refractivity contribution >= 4 is 17.7 Å². The Hall–Kier alpha value is -1.01. The molecule has 1 amide bonds. The first-order valence-corrected chi connectivity index (χ1v) is 8.66. The van der Waals surface area contributed by atoms with Gasteiger partial charge in [0.1, 0.15) is 5.60 Å². The number of carbonyl (C=O) groups is 1. The second-order valence-corrected chi connectivity index (χ2v) is 7.29. The number of nitrogens with zero attached hydrogens (tertiary/aromatic N) is 2. The molecule has 0 saturated carbocycles. The maximum Gasteiger partial charge on any atom is 0.252 e. The van der Waals surface area contributed by atoms with Gasteiger partial charge in [0.15, 0.2) is 0 Å². The van der Waals surface area contributed by atoms with Crippen LogP contribution in [-0.4, -0.2) is 44.4 Å². The Kier molecular flexibility index (Phi) is 5.32. The molecule has 2 rings (SSSR count). The van der Waals surface area contributed by atoms with E-state index in [2.05, 4.69) is 17.3 Å². The molecule has 0 bridgehead atoms. The molecule has 2 heterocycles. The molecule has 5 nitrogen and oxygen atoms in total. The summed E-state index contributed by atoms with van der Waals surface area (Å²) < 4.78 is 1.97. The van der Waals surface area contributed by atoms with Crippen LogP contribution in [0.2, 0.25) is 0 Å². The van der Waals surface area contributed by atoms with E-state index in [9.17, 15) is 9.90 Å². The van der Waals surface area contributed by atoms with E-state index in [1.54, 1.807) is 11.8 Å². The van der Waals surface area contributed by atoms with Gasteiger partial charge in [-0.25, -0.2) is 0 Å². The molecule has 0 aliphatic carbocycles. The maximum absolute atomic E-state index is 12.2. The maximum atomic E-state index is 12.2. The molecule has 21 heavy (non-hydrogen) atoms. The van der Waals surface area contributed by atoms with Crippen molar-refractivity contribution in [3.63, 3.8) is 0 Å². The number of carbonyl (C=O) groups excluding carboxylic acids is 1. The molecular formula is C15H25N3O2S. The van der Waals surface area contributed by atoms with E-state index in [-0.39, 0.29) is 11.8 Å². The molecule has 2 N–H and O–H groups in total. The van der Waals surface area contributed by atoms with E-state index in [0.717, 1.165) is 29.4 Å². The van der Waals surface area contributed by atoms with E-state index in [0.29, 0.717) is 19.4 Å². The van der Waals surface area contributed by atoms with Crippen molar-refractivity contribution < 1.29 is 9.90 Å². The van der Waals surface area contributed by atoms with Crippen molar-refractivity contribution in [1.29, 1.82) is 0 Å². The fraction of sp³-hybridized carbons (Fsp3) is 0.733.